The van der Waals surface area contributed by atoms with Gasteiger partial charge in [0.1, 0.15) is 17.9 Å². The van der Waals surface area contributed by atoms with E-state index in [2.05, 4.69) is 25.5 Å². The molecular weight excluding hydrogens is 594 g/mol. The van der Waals surface area contributed by atoms with Gasteiger partial charge in [0.15, 0.2) is 5.65 Å². The van der Waals surface area contributed by atoms with Crippen molar-refractivity contribution in [3.8, 4) is 22.3 Å². The van der Waals surface area contributed by atoms with Crippen LogP contribution < -0.4 is 21.1 Å². The quantitative estimate of drug-likeness (QED) is 0.214. The highest BCUT2D eigenvalue weighted by atomic mass is 19.4. The van der Waals surface area contributed by atoms with Gasteiger partial charge in [0.05, 0.1) is 16.8 Å². The number of carbonyl (C=O) groups is 1. The number of alkyl halides is 3. The predicted octanol–water partition coefficient (Wildman–Crippen LogP) is 4.54. The molecule has 14 heteroatoms. The van der Waals surface area contributed by atoms with Crippen molar-refractivity contribution in [1.29, 1.82) is 0 Å². The third kappa shape index (κ3) is 5.54. The fraction of sp³-hybridized carbons (Fsp3) is 0.355. The fourth-order valence-electron chi connectivity index (χ4n) is 6.45. The maximum absolute atomic E-state index is 14.9. The molecule has 6 rings (SSSR count). The summed E-state index contributed by atoms with van der Waals surface area (Å²) >= 11 is 0. The number of aromatic carboxylic acids is 1. The average molecular weight is 626 g/mol. The summed E-state index contributed by atoms with van der Waals surface area (Å²) in [6, 6.07) is 4.49. The van der Waals surface area contributed by atoms with Crippen LogP contribution in [0.25, 0.3) is 33.3 Å². The van der Waals surface area contributed by atoms with Gasteiger partial charge in [-0.1, -0.05) is 0 Å². The van der Waals surface area contributed by atoms with E-state index in [0.29, 0.717) is 35.3 Å². The number of hydrogen-bond acceptors (Lipinski definition) is 8. The normalized spacial score (nSPS) is 15.9. The SMILES string of the molecule is CNc1cc(F)cc2c1Cc1ncc(-c3cnc4c(c3)c(=O)c(C(=O)O)cn4NCC(F)(F)F)c(N3CCC[C@H]3CN(C)C)c1-2. The number of pyridine rings is 3. The van der Waals surface area contributed by atoms with Crippen molar-refractivity contribution >= 4 is 28.4 Å². The maximum atomic E-state index is 14.9. The van der Waals surface area contributed by atoms with Crippen LogP contribution in [0.3, 0.4) is 0 Å². The molecule has 0 saturated carbocycles. The number of fused-ring (bicyclic) bond motifs is 4. The number of hydrogen-bond donors (Lipinski definition) is 3. The standard InChI is InChI=1S/C31H31F4N7O3/c1-36-24-9-17(32)8-20-19(24)10-25-26(20)27(41-6-4-5-18(41)13-40(2)3)22(12-37-25)16-7-21-28(43)23(30(44)45)14-42(29(21)38-11-16)39-15-31(33,34)35/h7-9,11-12,14,18,36,39H,4-6,10,13,15H2,1-3H3,(H,44,45)/t18-/m0/s1. The zero-order valence-electron chi connectivity index (χ0n) is 24.8. The van der Waals surface area contributed by atoms with Crippen LogP contribution in [0.4, 0.5) is 28.9 Å². The van der Waals surface area contributed by atoms with E-state index in [-0.39, 0.29) is 17.1 Å². The molecule has 10 nitrogen and oxygen atoms in total. The summed E-state index contributed by atoms with van der Waals surface area (Å²) in [4.78, 5) is 38.7. The van der Waals surface area contributed by atoms with Crippen molar-refractivity contribution in [3.63, 3.8) is 0 Å². The number of rotatable bonds is 8. The van der Waals surface area contributed by atoms with Crippen molar-refractivity contribution in [2.24, 2.45) is 0 Å². The molecule has 0 radical (unpaired) electrons. The molecule has 4 aromatic rings. The molecule has 3 aromatic heterocycles. The molecule has 236 valence electrons. The highest BCUT2D eigenvalue weighted by Gasteiger charge is 2.35. The highest BCUT2D eigenvalue weighted by Crippen LogP contribution is 2.50. The van der Waals surface area contributed by atoms with Crippen molar-refractivity contribution in [2.75, 3.05) is 56.4 Å². The number of carboxylic acid groups (broad SMARTS) is 1. The Morgan fingerprint density at radius 3 is 2.62 bits per heavy atom. The Balaban J connectivity index is 1.60. The van der Waals surface area contributed by atoms with Gasteiger partial charge in [-0.15, -0.1) is 0 Å². The molecule has 1 aliphatic heterocycles. The first kappa shape index (κ1) is 30.3. The van der Waals surface area contributed by atoms with Crippen molar-refractivity contribution in [3.05, 3.63) is 69.7 Å². The number of aromatic nitrogens is 3. The minimum atomic E-state index is -4.61. The molecule has 0 bridgehead atoms. The molecule has 3 N–H and O–H groups in total. The smallest absolute Gasteiger partial charge is 0.407 e. The van der Waals surface area contributed by atoms with Gasteiger partial charge in [-0.3, -0.25) is 9.78 Å². The van der Waals surface area contributed by atoms with E-state index >= 15 is 0 Å². The molecule has 0 spiro atoms. The third-order valence-electron chi connectivity index (χ3n) is 8.30. The summed E-state index contributed by atoms with van der Waals surface area (Å²) in [6.07, 6.45) is 1.61. The number of nitrogens with zero attached hydrogens (tertiary/aromatic N) is 5. The van der Waals surface area contributed by atoms with Gasteiger partial charge in [0.25, 0.3) is 0 Å². The van der Waals surface area contributed by atoms with Gasteiger partial charge in [-0.05, 0) is 56.3 Å². The van der Waals surface area contributed by atoms with Crippen LogP contribution in [0.5, 0.6) is 0 Å². The molecule has 2 aliphatic rings. The Morgan fingerprint density at radius 1 is 1.16 bits per heavy atom. The largest absolute Gasteiger partial charge is 0.477 e. The number of nitrogens with one attached hydrogen (secondary N) is 2. The van der Waals surface area contributed by atoms with Gasteiger partial charge in [0, 0.05) is 73.6 Å². The Labute approximate surface area is 255 Å². The number of benzene rings is 1. The second-order valence-electron chi connectivity index (χ2n) is 11.6. The minimum Gasteiger partial charge on any atom is -0.477 e. The Bertz CT molecular complexity index is 1890. The van der Waals surface area contributed by atoms with Gasteiger partial charge in [-0.2, -0.15) is 13.2 Å². The monoisotopic (exact) mass is 625 g/mol. The molecule has 0 unspecified atom stereocenters. The van der Waals surface area contributed by atoms with Crippen LogP contribution in [-0.2, 0) is 6.42 Å². The minimum absolute atomic E-state index is 0.113. The van der Waals surface area contributed by atoms with Gasteiger partial charge in [0.2, 0.25) is 5.43 Å². The first-order valence-corrected chi connectivity index (χ1v) is 14.4. The lowest BCUT2D eigenvalue weighted by atomic mass is 9.97. The van der Waals surface area contributed by atoms with Gasteiger partial charge < -0.3 is 25.6 Å². The lowest BCUT2D eigenvalue weighted by molar-refractivity contribution is -0.116. The van der Waals surface area contributed by atoms with E-state index in [1.54, 1.807) is 13.2 Å². The topological polar surface area (TPSA) is 116 Å². The van der Waals surface area contributed by atoms with Crippen molar-refractivity contribution in [1.82, 2.24) is 19.5 Å². The molecule has 0 amide bonds. The van der Waals surface area contributed by atoms with Crippen LogP contribution in [0.2, 0.25) is 0 Å². The summed E-state index contributed by atoms with van der Waals surface area (Å²) in [6.45, 7) is -0.00911. The van der Waals surface area contributed by atoms with Gasteiger partial charge >= 0.3 is 12.1 Å². The molecule has 1 atom stereocenters. The summed E-state index contributed by atoms with van der Waals surface area (Å²) in [7, 11) is 5.71. The molecule has 45 heavy (non-hydrogen) atoms. The Kier molecular flexibility index (Phi) is 7.63. The maximum Gasteiger partial charge on any atom is 0.407 e. The summed E-state index contributed by atoms with van der Waals surface area (Å²) in [5.74, 6) is -1.99. The van der Waals surface area contributed by atoms with Crippen LogP contribution in [-0.4, -0.2) is 83.6 Å². The summed E-state index contributed by atoms with van der Waals surface area (Å²) < 4.78 is 54.9. The van der Waals surface area contributed by atoms with Crippen LogP contribution >= 0.6 is 0 Å². The molecule has 1 aliphatic carbocycles. The average Bonchev–Trinajstić information content (AvgIpc) is 3.59. The lowest BCUT2D eigenvalue weighted by Crippen LogP contribution is -2.38. The number of halogens is 4. The van der Waals surface area contributed by atoms with Crippen LogP contribution in [0.15, 0.2) is 41.6 Å². The van der Waals surface area contributed by atoms with Crippen molar-refractivity contribution in [2.45, 2.75) is 31.5 Å². The lowest BCUT2D eigenvalue weighted by Gasteiger charge is -2.32. The third-order valence-corrected chi connectivity index (χ3v) is 8.30. The molecular formula is C31H31F4N7O3. The highest BCUT2D eigenvalue weighted by molar-refractivity contribution is 5.98. The van der Waals surface area contributed by atoms with E-state index < -0.39 is 35.5 Å². The number of carboxylic acids is 1. The van der Waals surface area contributed by atoms with E-state index in [0.717, 1.165) is 52.8 Å². The number of likely N-dealkylation sites (N-methyl/N-ethyl adjacent to an activating group) is 1. The van der Waals surface area contributed by atoms with E-state index in [1.165, 1.54) is 24.4 Å². The molecule has 1 fully saturated rings. The van der Waals surface area contributed by atoms with E-state index in [1.807, 2.05) is 14.1 Å². The zero-order chi connectivity index (χ0) is 32.2. The fourth-order valence-corrected chi connectivity index (χ4v) is 6.45. The van der Waals surface area contributed by atoms with Crippen LogP contribution in [0, 0.1) is 5.82 Å². The van der Waals surface area contributed by atoms with E-state index in [4.69, 9.17) is 4.98 Å². The van der Waals surface area contributed by atoms with Crippen LogP contribution in [0.1, 0.15) is 34.5 Å². The molecule has 4 heterocycles. The second kappa shape index (κ2) is 11.3. The molecule has 1 aromatic carbocycles. The summed E-state index contributed by atoms with van der Waals surface area (Å²) in [5, 5.41) is 12.6. The van der Waals surface area contributed by atoms with Crippen molar-refractivity contribution < 1.29 is 27.5 Å². The van der Waals surface area contributed by atoms with E-state index in [9.17, 15) is 32.3 Å². The van der Waals surface area contributed by atoms with Gasteiger partial charge in [-0.25, -0.2) is 18.8 Å². The Hall–Kier alpha value is -4.72. The Morgan fingerprint density at radius 2 is 1.93 bits per heavy atom. The molecule has 1 saturated heterocycles. The predicted molar refractivity (Wildman–Crippen MR) is 163 cm³/mol. The second-order valence-corrected chi connectivity index (χ2v) is 11.6. The first-order valence-electron chi connectivity index (χ1n) is 14.4. The number of anilines is 2. The summed E-state index contributed by atoms with van der Waals surface area (Å²) in [5.41, 5.74) is 5.96. The zero-order valence-corrected chi connectivity index (χ0v) is 24.8. The first-order chi connectivity index (χ1) is 21.4.